The minimum absolute atomic E-state index is 0.00228. The fourth-order valence-corrected chi connectivity index (χ4v) is 4.96. The maximum atomic E-state index is 13.1. The lowest BCUT2D eigenvalue weighted by Crippen LogP contribution is -2.53. The van der Waals surface area contributed by atoms with E-state index in [1.54, 1.807) is 6.08 Å². The van der Waals surface area contributed by atoms with Gasteiger partial charge in [0.15, 0.2) is 0 Å². The number of piperidine rings is 1. The fourth-order valence-electron chi connectivity index (χ4n) is 4.96. The molecule has 2 aliphatic rings. The minimum atomic E-state index is -0.0361. The Morgan fingerprint density at radius 2 is 1.47 bits per heavy atom. The van der Waals surface area contributed by atoms with Gasteiger partial charge in [-0.2, -0.15) is 0 Å². The number of rotatable bonds is 6. The van der Waals surface area contributed by atoms with Crippen molar-refractivity contribution in [3.8, 4) is 0 Å². The van der Waals surface area contributed by atoms with Gasteiger partial charge in [0.2, 0.25) is 17.7 Å². The number of para-hydroxylation sites is 1. The smallest absolute Gasteiger partial charge is 0.246 e. The molecule has 0 atom stereocenters. The molecule has 2 fully saturated rings. The SMILES string of the molecule is Cc1cccc(C)c1NC(=O)CN1CCN(C(=O)C2CCN(C(=O)/C=C/c3ccccc3)CC2)CC1. The van der Waals surface area contributed by atoms with Crippen molar-refractivity contribution >= 4 is 29.5 Å². The number of carbonyl (C=O) groups is 3. The second kappa shape index (κ2) is 12.0. The van der Waals surface area contributed by atoms with Crippen LogP contribution >= 0.6 is 0 Å². The van der Waals surface area contributed by atoms with Crippen LogP contribution in [0.25, 0.3) is 6.08 Å². The summed E-state index contributed by atoms with van der Waals surface area (Å²) in [5.41, 5.74) is 3.99. The van der Waals surface area contributed by atoms with Crippen molar-refractivity contribution in [2.75, 3.05) is 51.1 Å². The van der Waals surface area contributed by atoms with Gasteiger partial charge in [0.25, 0.3) is 0 Å². The van der Waals surface area contributed by atoms with Crippen LogP contribution in [0, 0.1) is 19.8 Å². The lowest BCUT2D eigenvalue weighted by Gasteiger charge is -2.38. The molecule has 2 aromatic rings. The Labute approximate surface area is 213 Å². The maximum Gasteiger partial charge on any atom is 0.246 e. The Bertz CT molecular complexity index is 1080. The van der Waals surface area contributed by atoms with E-state index in [9.17, 15) is 14.4 Å². The van der Waals surface area contributed by atoms with Crippen LogP contribution in [0.15, 0.2) is 54.6 Å². The van der Waals surface area contributed by atoms with Crippen molar-refractivity contribution in [3.63, 3.8) is 0 Å². The zero-order chi connectivity index (χ0) is 25.5. The highest BCUT2D eigenvalue weighted by Crippen LogP contribution is 2.22. The molecule has 0 unspecified atom stereocenters. The third-order valence-electron chi connectivity index (χ3n) is 7.17. The van der Waals surface area contributed by atoms with Crippen LogP contribution in [-0.2, 0) is 14.4 Å². The minimum Gasteiger partial charge on any atom is -0.340 e. The highest BCUT2D eigenvalue weighted by molar-refractivity contribution is 5.94. The van der Waals surface area contributed by atoms with Crippen LogP contribution in [0.1, 0.15) is 29.5 Å². The first kappa shape index (κ1) is 25.6. The molecule has 2 saturated heterocycles. The third-order valence-corrected chi connectivity index (χ3v) is 7.17. The average molecular weight is 489 g/mol. The summed E-state index contributed by atoms with van der Waals surface area (Å²) in [6, 6.07) is 15.7. The Morgan fingerprint density at radius 1 is 0.833 bits per heavy atom. The number of benzene rings is 2. The molecule has 0 bridgehead atoms. The molecule has 2 heterocycles. The van der Waals surface area contributed by atoms with E-state index >= 15 is 0 Å². The van der Waals surface area contributed by atoms with Gasteiger partial charge in [0, 0.05) is 56.9 Å². The lowest BCUT2D eigenvalue weighted by atomic mass is 9.95. The standard InChI is InChI=1S/C29H36N4O3/c1-22-7-6-8-23(2)28(22)30-26(34)21-31-17-19-33(20-18-31)29(36)25-13-15-32(16-14-25)27(35)12-11-24-9-4-3-5-10-24/h3-12,25H,13-21H2,1-2H3,(H,30,34)/b12-11+. The number of aryl methyl sites for hydroxylation is 2. The van der Waals surface area contributed by atoms with Crippen LogP contribution < -0.4 is 5.32 Å². The normalized spacial score (nSPS) is 17.4. The van der Waals surface area contributed by atoms with Crippen molar-refractivity contribution in [1.29, 1.82) is 0 Å². The summed E-state index contributed by atoms with van der Waals surface area (Å²) in [4.78, 5) is 44.1. The summed E-state index contributed by atoms with van der Waals surface area (Å²) in [6.45, 7) is 8.17. The molecule has 36 heavy (non-hydrogen) atoms. The van der Waals surface area contributed by atoms with E-state index in [0.29, 0.717) is 58.7 Å². The molecule has 4 rings (SSSR count). The van der Waals surface area contributed by atoms with Gasteiger partial charge in [0.1, 0.15) is 0 Å². The van der Waals surface area contributed by atoms with E-state index in [4.69, 9.17) is 0 Å². The first-order chi connectivity index (χ1) is 17.4. The van der Waals surface area contributed by atoms with Gasteiger partial charge in [-0.15, -0.1) is 0 Å². The molecule has 7 nitrogen and oxygen atoms in total. The summed E-state index contributed by atoms with van der Waals surface area (Å²) in [6.07, 6.45) is 4.85. The number of nitrogens with zero attached hydrogens (tertiary/aromatic N) is 3. The molecular formula is C29H36N4O3. The molecule has 190 valence electrons. The van der Waals surface area contributed by atoms with Gasteiger partial charge in [-0.25, -0.2) is 0 Å². The number of piperazine rings is 1. The van der Waals surface area contributed by atoms with Gasteiger partial charge in [0.05, 0.1) is 6.54 Å². The molecule has 2 aliphatic heterocycles. The number of likely N-dealkylation sites (tertiary alicyclic amines) is 1. The number of amides is 3. The summed E-state index contributed by atoms with van der Waals surface area (Å²) < 4.78 is 0. The molecule has 2 aromatic carbocycles. The molecular weight excluding hydrogens is 452 g/mol. The summed E-state index contributed by atoms with van der Waals surface area (Å²) >= 11 is 0. The number of hydrogen-bond acceptors (Lipinski definition) is 4. The molecule has 0 aromatic heterocycles. The number of anilines is 1. The molecule has 1 N–H and O–H groups in total. The number of carbonyl (C=O) groups excluding carboxylic acids is 3. The van der Waals surface area contributed by atoms with Crippen molar-refractivity contribution in [1.82, 2.24) is 14.7 Å². The van der Waals surface area contributed by atoms with Crippen molar-refractivity contribution in [2.24, 2.45) is 5.92 Å². The predicted octanol–water partition coefficient (Wildman–Crippen LogP) is 3.34. The van der Waals surface area contributed by atoms with Crippen molar-refractivity contribution in [2.45, 2.75) is 26.7 Å². The molecule has 0 aliphatic carbocycles. The van der Waals surface area contributed by atoms with E-state index in [1.807, 2.05) is 78.3 Å². The van der Waals surface area contributed by atoms with Crippen molar-refractivity contribution in [3.05, 3.63) is 71.3 Å². The summed E-state index contributed by atoms with van der Waals surface area (Å²) in [7, 11) is 0. The van der Waals surface area contributed by atoms with E-state index in [1.165, 1.54) is 0 Å². The van der Waals surface area contributed by atoms with Gasteiger partial charge >= 0.3 is 0 Å². The first-order valence-electron chi connectivity index (χ1n) is 12.8. The van der Waals surface area contributed by atoms with E-state index < -0.39 is 0 Å². The van der Waals surface area contributed by atoms with Crippen LogP contribution in [0.5, 0.6) is 0 Å². The van der Waals surface area contributed by atoms with Crippen LogP contribution in [0.3, 0.4) is 0 Å². The van der Waals surface area contributed by atoms with Crippen LogP contribution in [0.4, 0.5) is 5.69 Å². The maximum absolute atomic E-state index is 13.1. The Kier molecular flexibility index (Phi) is 8.54. The zero-order valence-electron chi connectivity index (χ0n) is 21.3. The van der Waals surface area contributed by atoms with Crippen molar-refractivity contribution < 1.29 is 14.4 Å². The first-order valence-corrected chi connectivity index (χ1v) is 12.8. The molecule has 0 radical (unpaired) electrons. The number of nitrogens with one attached hydrogen (secondary N) is 1. The number of hydrogen-bond donors (Lipinski definition) is 1. The molecule has 0 saturated carbocycles. The Hall–Kier alpha value is -3.45. The van der Waals surface area contributed by atoms with Gasteiger partial charge in [-0.3, -0.25) is 19.3 Å². The van der Waals surface area contributed by atoms with Crippen LogP contribution in [0.2, 0.25) is 0 Å². The van der Waals surface area contributed by atoms with Gasteiger partial charge in [-0.1, -0.05) is 48.5 Å². The van der Waals surface area contributed by atoms with Gasteiger partial charge < -0.3 is 15.1 Å². The monoisotopic (exact) mass is 488 g/mol. The highest BCUT2D eigenvalue weighted by atomic mass is 16.2. The summed E-state index contributed by atoms with van der Waals surface area (Å²) in [5, 5.41) is 3.04. The molecule has 7 heteroatoms. The van der Waals surface area contributed by atoms with Crippen LogP contribution in [-0.4, -0.2) is 78.2 Å². The Morgan fingerprint density at radius 3 is 2.11 bits per heavy atom. The molecule has 3 amide bonds. The van der Waals surface area contributed by atoms with E-state index in [2.05, 4.69) is 10.2 Å². The van der Waals surface area contributed by atoms with Gasteiger partial charge in [-0.05, 0) is 49.5 Å². The third kappa shape index (κ3) is 6.61. The second-order valence-corrected chi connectivity index (χ2v) is 9.76. The largest absolute Gasteiger partial charge is 0.340 e. The fraction of sp³-hybridized carbons (Fsp3) is 0.414. The summed E-state index contributed by atoms with van der Waals surface area (Å²) in [5.74, 6) is 0.121. The topological polar surface area (TPSA) is 73.0 Å². The Balaban J connectivity index is 1.19. The second-order valence-electron chi connectivity index (χ2n) is 9.76. The molecule has 0 spiro atoms. The van der Waals surface area contributed by atoms with E-state index in [-0.39, 0.29) is 23.6 Å². The zero-order valence-corrected chi connectivity index (χ0v) is 21.3. The predicted molar refractivity (Wildman–Crippen MR) is 142 cm³/mol. The lowest BCUT2D eigenvalue weighted by molar-refractivity contribution is -0.141. The highest BCUT2D eigenvalue weighted by Gasteiger charge is 2.31. The quantitative estimate of drug-likeness (QED) is 0.633. The van der Waals surface area contributed by atoms with E-state index in [0.717, 1.165) is 22.4 Å². The average Bonchev–Trinajstić information content (AvgIpc) is 2.90.